The first-order chi connectivity index (χ1) is 12.6. The fourth-order valence-corrected chi connectivity index (χ4v) is 2.71. The molecule has 1 atom stereocenters. The number of hydrogen-bond donors (Lipinski definition) is 1. The Morgan fingerprint density at radius 1 is 1.19 bits per heavy atom. The summed E-state index contributed by atoms with van der Waals surface area (Å²) in [5.74, 6) is 0.891. The van der Waals surface area contributed by atoms with Crippen molar-refractivity contribution in [1.82, 2.24) is 20.3 Å². The van der Waals surface area contributed by atoms with Crippen molar-refractivity contribution in [3.8, 4) is 17.1 Å². The highest BCUT2D eigenvalue weighted by Crippen LogP contribution is 2.21. The largest absolute Gasteiger partial charge is 0.497 e. The maximum absolute atomic E-state index is 14.1. The van der Waals surface area contributed by atoms with Gasteiger partial charge in [-0.05, 0) is 32.0 Å². The molecule has 0 amide bonds. The molecule has 0 aliphatic heterocycles. The Kier molecular flexibility index (Phi) is 5.53. The zero-order chi connectivity index (χ0) is 18.5. The number of hydrogen-bond acceptors (Lipinski definition) is 5. The lowest BCUT2D eigenvalue weighted by molar-refractivity contribution is 0.410. The summed E-state index contributed by atoms with van der Waals surface area (Å²) < 4.78 is 19.1. The molecule has 5 nitrogen and oxygen atoms in total. The van der Waals surface area contributed by atoms with Gasteiger partial charge in [-0.2, -0.15) is 0 Å². The second-order valence-corrected chi connectivity index (χ2v) is 6.03. The quantitative estimate of drug-likeness (QED) is 0.730. The Morgan fingerprint density at radius 3 is 2.62 bits per heavy atom. The summed E-state index contributed by atoms with van der Waals surface area (Å²) >= 11 is 0. The lowest BCUT2D eigenvalue weighted by Crippen LogP contribution is -2.20. The van der Waals surface area contributed by atoms with Crippen LogP contribution >= 0.6 is 0 Å². The van der Waals surface area contributed by atoms with E-state index in [0.717, 1.165) is 16.8 Å². The van der Waals surface area contributed by atoms with E-state index in [2.05, 4.69) is 20.3 Å². The monoisotopic (exact) mass is 352 g/mol. The van der Waals surface area contributed by atoms with E-state index in [9.17, 15) is 4.39 Å². The van der Waals surface area contributed by atoms with Gasteiger partial charge < -0.3 is 10.1 Å². The van der Waals surface area contributed by atoms with Gasteiger partial charge in [0.1, 0.15) is 11.6 Å². The zero-order valence-electron chi connectivity index (χ0n) is 15.0. The van der Waals surface area contributed by atoms with Crippen molar-refractivity contribution in [3.63, 3.8) is 0 Å². The van der Waals surface area contributed by atoms with Crippen molar-refractivity contribution in [2.75, 3.05) is 7.11 Å². The molecule has 0 saturated carbocycles. The minimum atomic E-state index is -0.287. The number of aromatic nitrogens is 3. The number of pyridine rings is 1. The number of benzene rings is 1. The summed E-state index contributed by atoms with van der Waals surface area (Å²) in [5.41, 5.74) is 3.39. The predicted octanol–water partition coefficient (Wildman–Crippen LogP) is 3.85. The maximum Gasteiger partial charge on any atom is 0.159 e. The summed E-state index contributed by atoms with van der Waals surface area (Å²) in [5, 5.41) is 3.32. The molecule has 0 aliphatic carbocycles. The topological polar surface area (TPSA) is 59.9 Å². The van der Waals surface area contributed by atoms with E-state index >= 15 is 0 Å². The van der Waals surface area contributed by atoms with Gasteiger partial charge in [0.25, 0.3) is 0 Å². The summed E-state index contributed by atoms with van der Waals surface area (Å²) in [6, 6.07) is 8.61. The van der Waals surface area contributed by atoms with Crippen molar-refractivity contribution in [2.24, 2.45) is 0 Å². The van der Waals surface area contributed by atoms with Crippen LogP contribution in [0.3, 0.4) is 0 Å². The Bertz CT molecular complexity index is 886. The molecule has 0 aliphatic rings. The van der Waals surface area contributed by atoms with Crippen molar-refractivity contribution in [2.45, 2.75) is 26.4 Å². The van der Waals surface area contributed by atoms with Gasteiger partial charge in [0.15, 0.2) is 5.82 Å². The molecule has 3 aromatic rings. The van der Waals surface area contributed by atoms with Gasteiger partial charge in [-0.15, -0.1) is 0 Å². The first kappa shape index (κ1) is 17.9. The van der Waals surface area contributed by atoms with Crippen LogP contribution in [0.1, 0.15) is 29.8 Å². The van der Waals surface area contributed by atoms with Crippen LogP contribution in [0.5, 0.6) is 5.75 Å². The van der Waals surface area contributed by atoms with Gasteiger partial charge in [-0.25, -0.2) is 14.4 Å². The molecule has 134 valence electrons. The Morgan fingerprint density at radius 2 is 1.96 bits per heavy atom. The van der Waals surface area contributed by atoms with Gasteiger partial charge in [-0.1, -0.05) is 6.07 Å². The Balaban J connectivity index is 1.71. The minimum absolute atomic E-state index is 0.0111. The average molecular weight is 352 g/mol. The smallest absolute Gasteiger partial charge is 0.159 e. The van der Waals surface area contributed by atoms with E-state index in [4.69, 9.17) is 4.74 Å². The molecule has 26 heavy (non-hydrogen) atoms. The van der Waals surface area contributed by atoms with Gasteiger partial charge >= 0.3 is 0 Å². The molecule has 1 aromatic carbocycles. The SMILES string of the molecule is COc1ccc(CNC(C)c2cnc(-c3ccncc3)nc2C)c(F)c1. The Hall–Kier alpha value is -2.86. The van der Waals surface area contributed by atoms with Crippen LogP contribution in [0.25, 0.3) is 11.4 Å². The van der Waals surface area contributed by atoms with Gasteiger partial charge in [0.2, 0.25) is 0 Å². The number of halogens is 1. The summed E-state index contributed by atoms with van der Waals surface area (Å²) in [6.07, 6.45) is 5.26. The highest BCUT2D eigenvalue weighted by atomic mass is 19.1. The van der Waals surface area contributed by atoms with Crippen molar-refractivity contribution >= 4 is 0 Å². The lowest BCUT2D eigenvalue weighted by atomic mass is 10.1. The third-order valence-corrected chi connectivity index (χ3v) is 4.28. The van der Waals surface area contributed by atoms with E-state index in [0.29, 0.717) is 23.7 Å². The predicted molar refractivity (Wildman–Crippen MR) is 98.2 cm³/mol. The second kappa shape index (κ2) is 8.01. The average Bonchev–Trinajstić information content (AvgIpc) is 2.67. The van der Waals surface area contributed by atoms with Crippen LogP contribution in [-0.2, 0) is 6.54 Å². The van der Waals surface area contributed by atoms with E-state index in [-0.39, 0.29) is 11.9 Å². The zero-order valence-corrected chi connectivity index (χ0v) is 15.0. The third-order valence-electron chi connectivity index (χ3n) is 4.28. The maximum atomic E-state index is 14.1. The summed E-state index contributed by atoms with van der Waals surface area (Å²) in [4.78, 5) is 13.1. The van der Waals surface area contributed by atoms with E-state index in [1.165, 1.54) is 13.2 Å². The second-order valence-electron chi connectivity index (χ2n) is 6.03. The van der Waals surface area contributed by atoms with E-state index in [1.807, 2.05) is 32.2 Å². The van der Waals surface area contributed by atoms with Crippen LogP contribution in [0.2, 0.25) is 0 Å². The Labute approximate surface area is 152 Å². The van der Waals surface area contributed by atoms with Crippen molar-refractivity contribution in [1.29, 1.82) is 0 Å². The van der Waals surface area contributed by atoms with Gasteiger partial charge in [0.05, 0.1) is 7.11 Å². The summed E-state index contributed by atoms with van der Waals surface area (Å²) in [6.45, 7) is 4.37. The van der Waals surface area contributed by atoms with E-state index < -0.39 is 0 Å². The molecule has 3 rings (SSSR count). The standard InChI is InChI=1S/C20H21FN4O/c1-13(23-11-16-4-5-17(26-3)10-19(16)21)18-12-24-20(25-14(18)2)15-6-8-22-9-7-15/h4-10,12-13,23H,11H2,1-3H3. The normalized spacial score (nSPS) is 12.0. The van der Waals surface area contributed by atoms with Crippen molar-refractivity contribution < 1.29 is 9.13 Å². The first-order valence-electron chi connectivity index (χ1n) is 8.38. The van der Waals surface area contributed by atoms with Crippen LogP contribution in [-0.4, -0.2) is 22.1 Å². The molecular formula is C20H21FN4O. The molecule has 2 aromatic heterocycles. The molecule has 0 radical (unpaired) electrons. The molecule has 1 unspecified atom stereocenters. The molecule has 0 saturated heterocycles. The summed E-state index contributed by atoms with van der Waals surface area (Å²) in [7, 11) is 1.52. The number of nitrogens with zero attached hydrogens (tertiary/aromatic N) is 3. The molecule has 0 bridgehead atoms. The van der Waals surface area contributed by atoms with Crippen LogP contribution < -0.4 is 10.1 Å². The van der Waals surface area contributed by atoms with Crippen molar-refractivity contribution in [3.05, 3.63) is 71.6 Å². The molecule has 6 heteroatoms. The minimum Gasteiger partial charge on any atom is -0.497 e. The highest BCUT2D eigenvalue weighted by molar-refractivity contribution is 5.53. The van der Waals surface area contributed by atoms with Crippen LogP contribution in [0.4, 0.5) is 4.39 Å². The number of ether oxygens (including phenoxy) is 1. The van der Waals surface area contributed by atoms with Crippen LogP contribution in [0.15, 0.2) is 48.9 Å². The number of rotatable bonds is 6. The highest BCUT2D eigenvalue weighted by Gasteiger charge is 2.13. The van der Waals surface area contributed by atoms with Gasteiger partial charge in [-0.3, -0.25) is 4.98 Å². The fraction of sp³-hybridized carbons (Fsp3) is 0.250. The number of aryl methyl sites for hydroxylation is 1. The van der Waals surface area contributed by atoms with Gasteiger partial charge in [0, 0.05) is 59.6 Å². The molecule has 2 heterocycles. The fourth-order valence-electron chi connectivity index (χ4n) is 2.71. The van der Waals surface area contributed by atoms with Crippen LogP contribution in [0, 0.1) is 12.7 Å². The molecular weight excluding hydrogens is 331 g/mol. The number of nitrogens with one attached hydrogen (secondary N) is 1. The third kappa shape index (κ3) is 4.03. The molecule has 0 spiro atoms. The molecule has 0 fully saturated rings. The lowest BCUT2D eigenvalue weighted by Gasteiger charge is -2.17. The van der Waals surface area contributed by atoms with E-state index in [1.54, 1.807) is 24.5 Å². The number of methoxy groups -OCH3 is 1. The first-order valence-corrected chi connectivity index (χ1v) is 8.38. The molecule has 1 N–H and O–H groups in total.